The standard InChI is InChI=1S/C29H39N5O5/c1-17(2)14-22(32-29(38)30-20-10-6-5-7-11-20)26(35)31-23(27-33-25(28(36)37)18(3)39-27)15-19-16-34(4)24-13-9-8-12-21(19)24/h8-9,12-13,16-17,20,22-23H,5-7,10-11,14-15H2,1-4H3,(H,31,35)(H,36,37)(H2,30,32,38)/t22-,23?/m0/s1. The number of amides is 3. The summed E-state index contributed by atoms with van der Waals surface area (Å²) in [6.45, 7) is 5.52. The molecule has 39 heavy (non-hydrogen) atoms. The zero-order valence-corrected chi connectivity index (χ0v) is 23.1. The first kappa shape index (κ1) is 28.2. The van der Waals surface area contributed by atoms with Crippen LogP contribution in [0.2, 0.25) is 0 Å². The molecule has 10 nitrogen and oxygen atoms in total. The largest absolute Gasteiger partial charge is 0.476 e. The second-order valence-electron chi connectivity index (χ2n) is 10.9. The highest BCUT2D eigenvalue weighted by atomic mass is 16.4. The Morgan fingerprint density at radius 3 is 2.51 bits per heavy atom. The topological polar surface area (TPSA) is 138 Å². The molecule has 1 unspecified atom stereocenters. The van der Waals surface area contributed by atoms with Gasteiger partial charge in [0.05, 0.1) is 0 Å². The van der Waals surface area contributed by atoms with Crippen molar-refractivity contribution in [2.45, 2.75) is 83.8 Å². The number of rotatable bonds is 10. The number of carbonyl (C=O) groups excluding carboxylic acids is 2. The average Bonchev–Trinajstić information content (AvgIpc) is 3.43. The summed E-state index contributed by atoms with van der Waals surface area (Å²) < 4.78 is 7.77. The van der Waals surface area contributed by atoms with Crippen LogP contribution in [-0.4, -0.2) is 44.6 Å². The maximum atomic E-state index is 13.6. The van der Waals surface area contributed by atoms with Crippen molar-refractivity contribution in [2.24, 2.45) is 13.0 Å². The van der Waals surface area contributed by atoms with E-state index in [2.05, 4.69) is 20.9 Å². The van der Waals surface area contributed by atoms with Crippen molar-refractivity contribution >= 4 is 28.8 Å². The molecule has 1 aliphatic rings. The smallest absolute Gasteiger partial charge is 0.358 e. The van der Waals surface area contributed by atoms with Gasteiger partial charge in [0.1, 0.15) is 17.8 Å². The van der Waals surface area contributed by atoms with Crippen molar-refractivity contribution in [1.29, 1.82) is 0 Å². The molecule has 0 radical (unpaired) electrons. The summed E-state index contributed by atoms with van der Waals surface area (Å²) in [6, 6.07) is 6.17. The molecule has 10 heteroatoms. The van der Waals surface area contributed by atoms with E-state index in [0.717, 1.165) is 42.1 Å². The van der Waals surface area contributed by atoms with Gasteiger partial charge in [-0.1, -0.05) is 51.3 Å². The molecule has 0 spiro atoms. The van der Waals surface area contributed by atoms with Crippen LogP contribution in [0.1, 0.15) is 86.1 Å². The first-order valence-corrected chi connectivity index (χ1v) is 13.7. The first-order chi connectivity index (χ1) is 18.6. The number of urea groups is 1. The van der Waals surface area contributed by atoms with E-state index in [1.165, 1.54) is 13.3 Å². The Morgan fingerprint density at radius 2 is 1.85 bits per heavy atom. The lowest BCUT2D eigenvalue weighted by molar-refractivity contribution is -0.124. The third-order valence-electron chi connectivity index (χ3n) is 7.30. The summed E-state index contributed by atoms with van der Waals surface area (Å²) >= 11 is 0. The molecule has 1 saturated carbocycles. The van der Waals surface area contributed by atoms with Crippen molar-refractivity contribution in [3.05, 3.63) is 53.4 Å². The van der Waals surface area contributed by atoms with Crippen LogP contribution < -0.4 is 16.0 Å². The molecule has 1 fully saturated rings. The van der Waals surface area contributed by atoms with E-state index in [-0.39, 0.29) is 41.2 Å². The fourth-order valence-electron chi connectivity index (χ4n) is 5.38. The van der Waals surface area contributed by atoms with Crippen LogP contribution in [0.3, 0.4) is 0 Å². The minimum atomic E-state index is -1.20. The van der Waals surface area contributed by atoms with Gasteiger partial charge in [0, 0.05) is 36.6 Å². The number of aromatic nitrogens is 2. The molecule has 1 aliphatic carbocycles. The Balaban J connectivity index is 1.58. The Hall–Kier alpha value is -3.82. The number of benzene rings is 1. The van der Waals surface area contributed by atoms with Crippen molar-refractivity contribution < 1.29 is 23.9 Å². The van der Waals surface area contributed by atoms with E-state index >= 15 is 0 Å². The number of aromatic carboxylic acids is 1. The van der Waals surface area contributed by atoms with Crippen LogP contribution in [0.4, 0.5) is 4.79 Å². The van der Waals surface area contributed by atoms with Crippen molar-refractivity contribution in [1.82, 2.24) is 25.5 Å². The van der Waals surface area contributed by atoms with Crippen LogP contribution in [0, 0.1) is 12.8 Å². The zero-order chi connectivity index (χ0) is 28.1. The van der Waals surface area contributed by atoms with Crippen molar-refractivity contribution in [2.75, 3.05) is 0 Å². The van der Waals surface area contributed by atoms with E-state index in [0.29, 0.717) is 12.8 Å². The second kappa shape index (κ2) is 12.4. The monoisotopic (exact) mass is 537 g/mol. The minimum Gasteiger partial charge on any atom is -0.476 e. The lowest BCUT2D eigenvalue weighted by Crippen LogP contribution is -2.53. The summed E-state index contributed by atoms with van der Waals surface area (Å²) in [5.41, 5.74) is 1.80. The lowest BCUT2D eigenvalue weighted by Gasteiger charge is -2.26. The summed E-state index contributed by atoms with van der Waals surface area (Å²) in [6.07, 6.45) is 7.99. The summed E-state index contributed by atoms with van der Waals surface area (Å²) in [5.74, 6) is -1.15. The van der Waals surface area contributed by atoms with Gasteiger partial charge in [-0.3, -0.25) is 4.79 Å². The molecule has 4 rings (SSSR count). The predicted octanol–water partition coefficient (Wildman–Crippen LogP) is 4.62. The molecule has 2 heterocycles. The molecule has 2 aromatic heterocycles. The number of fused-ring (bicyclic) bond motifs is 1. The maximum Gasteiger partial charge on any atom is 0.358 e. The highest BCUT2D eigenvalue weighted by Gasteiger charge is 2.30. The molecule has 3 aromatic rings. The lowest BCUT2D eigenvalue weighted by atomic mass is 9.96. The van der Waals surface area contributed by atoms with Gasteiger partial charge < -0.3 is 30.0 Å². The number of hydrogen-bond acceptors (Lipinski definition) is 5. The zero-order valence-electron chi connectivity index (χ0n) is 23.1. The molecular weight excluding hydrogens is 498 g/mol. The fourth-order valence-corrected chi connectivity index (χ4v) is 5.38. The van der Waals surface area contributed by atoms with E-state index in [1.807, 2.05) is 55.9 Å². The molecule has 1 aromatic carbocycles. The van der Waals surface area contributed by atoms with Gasteiger partial charge in [-0.05, 0) is 43.7 Å². The normalized spacial score (nSPS) is 15.7. The summed E-state index contributed by atoms with van der Waals surface area (Å²) in [5, 5.41) is 19.5. The molecule has 2 atom stereocenters. The number of nitrogens with zero attached hydrogens (tertiary/aromatic N) is 2. The van der Waals surface area contributed by atoms with Gasteiger partial charge in [0.25, 0.3) is 0 Å². The number of hydrogen-bond donors (Lipinski definition) is 4. The average molecular weight is 538 g/mol. The van der Waals surface area contributed by atoms with Gasteiger partial charge in [-0.25, -0.2) is 14.6 Å². The van der Waals surface area contributed by atoms with Crippen LogP contribution in [0.5, 0.6) is 0 Å². The van der Waals surface area contributed by atoms with Gasteiger partial charge in [-0.15, -0.1) is 0 Å². The SMILES string of the molecule is Cc1oc(C(Cc2cn(C)c3ccccc23)NC(=O)[C@H](CC(C)C)NC(=O)NC2CCCCC2)nc1C(=O)O. The van der Waals surface area contributed by atoms with Crippen LogP contribution >= 0.6 is 0 Å². The fraction of sp³-hybridized carbons (Fsp3) is 0.517. The number of nitrogens with one attached hydrogen (secondary N) is 3. The Bertz CT molecular complexity index is 1320. The third-order valence-corrected chi connectivity index (χ3v) is 7.30. The van der Waals surface area contributed by atoms with Crippen molar-refractivity contribution in [3.8, 4) is 0 Å². The number of aryl methyl sites for hydroxylation is 2. The Morgan fingerprint density at radius 1 is 1.13 bits per heavy atom. The Kier molecular flexibility index (Phi) is 8.93. The first-order valence-electron chi connectivity index (χ1n) is 13.7. The van der Waals surface area contributed by atoms with Crippen LogP contribution in [-0.2, 0) is 18.3 Å². The second-order valence-corrected chi connectivity index (χ2v) is 10.9. The highest BCUT2D eigenvalue weighted by Crippen LogP contribution is 2.27. The van der Waals surface area contributed by atoms with Gasteiger partial charge in [0.2, 0.25) is 11.8 Å². The highest BCUT2D eigenvalue weighted by molar-refractivity contribution is 5.88. The van der Waals surface area contributed by atoms with Crippen LogP contribution in [0.15, 0.2) is 34.9 Å². The van der Waals surface area contributed by atoms with E-state index in [4.69, 9.17) is 4.42 Å². The number of carbonyl (C=O) groups is 3. The molecule has 3 amide bonds. The van der Waals surface area contributed by atoms with Gasteiger partial charge >= 0.3 is 12.0 Å². The Labute approximate surface area is 228 Å². The number of para-hydroxylation sites is 1. The third kappa shape index (κ3) is 6.99. The number of oxazole rings is 1. The minimum absolute atomic E-state index is 0.112. The maximum absolute atomic E-state index is 13.6. The molecule has 210 valence electrons. The number of carboxylic acids is 1. The molecule has 4 N–H and O–H groups in total. The number of carboxylic acid groups (broad SMARTS) is 1. The summed E-state index contributed by atoms with van der Waals surface area (Å²) in [4.78, 5) is 42.3. The summed E-state index contributed by atoms with van der Waals surface area (Å²) in [7, 11) is 1.95. The van der Waals surface area contributed by atoms with E-state index in [9.17, 15) is 19.5 Å². The quantitative estimate of drug-likeness (QED) is 0.298. The predicted molar refractivity (Wildman–Crippen MR) is 147 cm³/mol. The molecule has 0 bridgehead atoms. The molecule has 0 aliphatic heterocycles. The van der Waals surface area contributed by atoms with E-state index < -0.39 is 18.1 Å². The van der Waals surface area contributed by atoms with Gasteiger partial charge in [0.15, 0.2) is 5.69 Å². The van der Waals surface area contributed by atoms with Gasteiger partial charge in [-0.2, -0.15) is 0 Å². The van der Waals surface area contributed by atoms with Crippen molar-refractivity contribution in [3.63, 3.8) is 0 Å². The molecular formula is C29H39N5O5. The van der Waals surface area contributed by atoms with Crippen LogP contribution in [0.25, 0.3) is 10.9 Å². The van der Waals surface area contributed by atoms with E-state index in [1.54, 1.807) is 0 Å². The molecule has 0 saturated heterocycles.